The first-order chi connectivity index (χ1) is 7.15. The molecule has 1 amide bonds. The highest BCUT2D eigenvalue weighted by Crippen LogP contribution is 1.93. The van der Waals surface area contributed by atoms with Crippen molar-refractivity contribution in [2.24, 2.45) is 0 Å². The van der Waals surface area contributed by atoms with Crippen molar-refractivity contribution < 1.29 is 9.90 Å². The van der Waals surface area contributed by atoms with E-state index in [0.717, 1.165) is 25.8 Å². The Balaban J connectivity index is 3.77. The van der Waals surface area contributed by atoms with Gasteiger partial charge in [0.05, 0.1) is 12.6 Å². The molecule has 3 N–H and O–H groups in total. The van der Waals surface area contributed by atoms with Crippen LogP contribution in [0.5, 0.6) is 0 Å². The Bertz CT molecular complexity index is 170. The fraction of sp³-hybridized carbons (Fsp3) is 0.909. The van der Waals surface area contributed by atoms with E-state index >= 15 is 0 Å². The summed E-state index contributed by atoms with van der Waals surface area (Å²) < 4.78 is 0. The van der Waals surface area contributed by atoms with Crippen molar-refractivity contribution in [1.82, 2.24) is 10.6 Å². The molecular formula is C11H24N2O2. The average Bonchev–Trinajstić information content (AvgIpc) is 2.25. The molecule has 0 saturated heterocycles. The van der Waals surface area contributed by atoms with Crippen LogP contribution in [0, 0.1) is 0 Å². The number of hydrogen-bond donors (Lipinski definition) is 3. The zero-order chi connectivity index (χ0) is 11.7. The van der Waals surface area contributed by atoms with Crippen molar-refractivity contribution >= 4 is 5.91 Å². The van der Waals surface area contributed by atoms with Gasteiger partial charge in [0.2, 0.25) is 5.91 Å². The van der Waals surface area contributed by atoms with Gasteiger partial charge in [0.25, 0.3) is 0 Å². The number of rotatable bonds is 8. The first-order valence-corrected chi connectivity index (χ1v) is 5.80. The molecule has 90 valence electrons. The largest absolute Gasteiger partial charge is 0.395 e. The molecule has 0 saturated carbocycles. The Morgan fingerprint density at radius 2 is 2.07 bits per heavy atom. The van der Waals surface area contributed by atoms with Crippen LogP contribution in [0.2, 0.25) is 0 Å². The molecule has 4 nitrogen and oxygen atoms in total. The number of amides is 1. The van der Waals surface area contributed by atoms with Gasteiger partial charge in [-0.25, -0.2) is 0 Å². The second-order valence-corrected chi connectivity index (χ2v) is 3.82. The van der Waals surface area contributed by atoms with Crippen LogP contribution in [0.1, 0.15) is 40.0 Å². The van der Waals surface area contributed by atoms with Gasteiger partial charge in [-0.3, -0.25) is 4.79 Å². The van der Waals surface area contributed by atoms with Crippen LogP contribution in [0.25, 0.3) is 0 Å². The first kappa shape index (κ1) is 14.4. The summed E-state index contributed by atoms with van der Waals surface area (Å²) in [5.41, 5.74) is 0. The van der Waals surface area contributed by atoms with Crippen molar-refractivity contribution in [2.45, 2.75) is 52.1 Å². The predicted octanol–water partition coefficient (Wildman–Crippen LogP) is 0.652. The van der Waals surface area contributed by atoms with E-state index < -0.39 is 0 Å². The lowest BCUT2D eigenvalue weighted by Gasteiger charge is -2.19. The molecule has 0 aliphatic rings. The summed E-state index contributed by atoms with van der Waals surface area (Å²) in [6.07, 6.45) is 2.91. The van der Waals surface area contributed by atoms with Gasteiger partial charge in [0.1, 0.15) is 0 Å². The molecule has 0 spiro atoms. The van der Waals surface area contributed by atoms with Gasteiger partial charge < -0.3 is 15.7 Å². The SMILES string of the molecule is CCCCNC(=O)C(C)NC(CC)CO. The smallest absolute Gasteiger partial charge is 0.236 e. The van der Waals surface area contributed by atoms with Gasteiger partial charge in [-0.15, -0.1) is 0 Å². The summed E-state index contributed by atoms with van der Waals surface area (Å²) in [6, 6.07) is -0.226. The Kier molecular flexibility index (Phi) is 8.33. The molecule has 0 aliphatic carbocycles. The van der Waals surface area contributed by atoms with Gasteiger partial charge in [-0.05, 0) is 19.8 Å². The number of nitrogens with one attached hydrogen (secondary N) is 2. The lowest BCUT2D eigenvalue weighted by Crippen LogP contribution is -2.47. The van der Waals surface area contributed by atoms with Crippen LogP contribution in [0.15, 0.2) is 0 Å². The van der Waals surface area contributed by atoms with Crippen LogP contribution >= 0.6 is 0 Å². The number of aliphatic hydroxyl groups is 1. The first-order valence-electron chi connectivity index (χ1n) is 5.80. The van der Waals surface area contributed by atoms with Crippen LogP contribution in [-0.4, -0.2) is 36.2 Å². The van der Waals surface area contributed by atoms with Gasteiger partial charge in [-0.1, -0.05) is 20.3 Å². The van der Waals surface area contributed by atoms with Gasteiger partial charge in [-0.2, -0.15) is 0 Å². The van der Waals surface area contributed by atoms with E-state index in [4.69, 9.17) is 5.11 Å². The van der Waals surface area contributed by atoms with Gasteiger partial charge >= 0.3 is 0 Å². The van der Waals surface area contributed by atoms with Crippen molar-refractivity contribution in [3.05, 3.63) is 0 Å². The van der Waals surface area contributed by atoms with E-state index in [2.05, 4.69) is 17.6 Å². The summed E-state index contributed by atoms with van der Waals surface area (Å²) in [5, 5.41) is 14.9. The molecule has 0 fully saturated rings. The molecule has 0 heterocycles. The molecule has 2 atom stereocenters. The number of carbonyl (C=O) groups excluding carboxylic acids is 1. The molecule has 0 radical (unpaired) electrons. The molecule has 0 rings (SSSR count). The molecular weight excluding hydrogens is 192 g/mol. The third kappa shape index (κ3) is 6.47. The van der Waals surface area contributed by atoms with E-state index in [9.17, 15) is 4.79 Å². The Labute approximate surface area is 92.4 Å². The van der Waals surface area contributed by atoms with Crippen LogP contribution in [0.3, 0.4) is 0 Å². The zero-order valence-corrected chi connectivity index (χ0v) is 10.0. The Morgan fingerprint density at radius 3 is 2.53 bits per heavy atom. The maximum Gasteiger partial charge on any atom is 0.236 e. The molecule has 2 unspecified atom stereocenters. The molecule has 0 bridgehead atoms. The highest BCUT2D eigenvalue weighted by atomic mass is 16.3. The summed E-state index contributed by atoms with van der Waals surface area (Å²) in [4.78, 5) is 11.5. The van der Waals surface area contributed by atoms with Crippen molar-refractivity contribution in [3.63, 3.8) is 0 Å². The van der Waals surface area contributed by atoms with Crippen LogP contribution in [-0.2, 0) is 4.79 Å². The highest BCUT2D eigenvalue weighted by molar-refractivity contribution is 5.81. The van der Waals surface area contributed by atoms with E-state index in [-0.39, 0.29) is 24.6 Å². The Hall–Kier alpha value is -0.610. The van der Waals surface area contributed by atoms with Crippen molar-refractivity contribution in [3.8, 4) is 0 Å². The summed E-state index contributed by atoms with van der Waals surface area (Å²) in [6.45, 7) is 6.70. The highest BCUT2D eigenvalue weighted by Gasteiger charge is 2.15. The summed E-state index contributed by atoms with van der Waals surface area (Å²) in [5.74, 6) is 0.00958. The topological polar surface area (TPSA) is 61.4 Å². The zero-order valence-electron chi connectivity index (χ0n) is 10.0. The Morgan fingerprint density at radius 1 is 1.40 bits per heavy atom. The molecule has 4 heteroatoms. The van der Waals surface area contributed by atoms with Crippen LogP contribution in [0.4, 0.5) is 0 Å². The molecule has 0 aromatic rings. The third-order valence-electron chi connectivity index (χ3n) is 2.42. The fourth-order valence-corrected chi connectivity index (χ4v) is 1.27. The molecule has 0 aromatic heterocycles. The average molecular weight is 216 g/mol. The van der Waals surface area contributed by atoms with Crippen molar-refractivity contribution in [2.75, 3.05) is 13.2 Å². The maximum atomic E-state index is 11.5. The van der Waals surface area contributed by atoms with E-state index in [1.807, 2.05) is 13.8 Å². The number of carbonyl (C=O) groups is 1. The minimum atomic E-state index is -0.237. The quantitative estimate of drug-likeness (QED) is 0.522. The second-order valence-electron chi connectivity index (χ2n) is 3.82. The lowest BCUT2D eigenvalue weighted by molar-refractivity contribution is -0.123. The normalized spacial score (nSPS) is 14.7. The molecule has 15 heavy (non-hydrogen) atoms. The number of unbranched alkanes of at least 4 members (excludes halogenated alkanes) is 1. The van der Waals surface area contributed by atoms with E-state index in [0.29, 0.717) is 0 Å². The third-order valence-corrected chi connectivity index (χ3v) is 2.42. The molecule has 0 aromatic carbocycles. The van der Waals surface area contributed by atoms with Gasteiger partial charge in [0.15, 0.2) is 0 Å². The standard InChI is InChI=1S/C11H24N2O2/c1-4-6-7-12-11(15)9(3)13-10(5-2)8-14/h9-10,13-14H,4-8H2,1-3H3,(H,12,15). The number of aliphatic hydroxyl groups excluding tert-OH is 1. The van der Waals surface area contributed by atoms with E-state index in [1.165, 1.54) is 0 Å². The fourth-order valence-electron chi connectivity index (χ4n) is 1.27. The minimum absolute atomic E-state index is 0.00958. The summed E-state index contributed by atoms with van der Waals surface area (Å²) >= 11 is 0. The van der Waals surface area contributed by atoms with Crippen LogP contribution < -0.4 is 10.6 Å². The predicted molar refractivity (Wildman–Crippen MR) is 61.7 cm³/mol. The van der Waals surface area contributed by atoms with Crippen molar-refractivity contribution in [1.29, 1.82) is 0 Å². The summed E-state index contributed by atoms with van der Waals surface area (Å²) in [7, 11) is 0. The molecule has 0 aliphatic heterocycles. The lowest BCUT2D eigenvalue weighted by atomic mass is 10.2. The maximum absolute atomic E-state index is 11.5. The van der Waals surface area contributed by atoms with Gasteiger partial charge in [0, 0.05) is 12.6 Å². The second kappa shape index (κ2) is 8.68. The minimum Gasteiger partial charge on any atom is -0.395 e. The van der Waals surface area contributed by atoms with E-state index in [1.54, 1.807) is 0 Å². The number of hydrogen-bond acceptors (Lipinski definition) is 3. The monoisotopic (exact) mass is 216 g/mol.